The lowest BCUT2D eigenvalue weighted by Crippen LogP contribution is -2.21. The second kappa shape index (κ2) is 8.18. The fourth-order valence-electron chi connectivity index (χ4n) is 1.64. The molecule has 0 amide bonds. The molecule has 1 aromatic rings. The van der Waals surface area contributed by atoms with E-state index in [1.54, 1.807) is 7.11 Å². The maximum Gasteiger partial charge on any atom is 0.331 e. The Morgan fingerprint density at radius 1 is 1.55 bits per heavy atom. The van der Waals surface area contributed by atoms with Crippen LogP contribution in [0.1, 0.15) is 12.6 Å². The Bertz CT molecular complexity index is 512. The fraction of sp³-hybridized carbons (Fsp3) is 0.385. The van der Waals surface area contributed by atoms with Gasteiger partial charge in [-0.05, 0) is 22.0 Å². The predicted molar refractivity (Wildman–Crippen MR) is 81.5 cm³/mol. The van der Waals surface area contributed by atoms with Crippen LogP contribution in [0.15, 0.2) is 27.2 Å². The minimum atomic E-state index is -1.05. The molecule has 0 radical (unpaired) electrons. The van der Waals surface area contributed by atoms with Gasteiger partial charge >= 0.3 is 5.97 Å². The summed E-state index contributed by atoms with van der Waals surface area (Å²) in [6.45, 7) is 1.84. The Morgan fingerprint density at radius 2 is 2.25 bits per heavy atom. The van der Waals surface area contributed by atoms with Gasteiger partial charge in [0.1, 0.15) is 5.76 Å². The number of carboxylic acid groups (broad SMARTS) is 1. The number of nitrogens with zero attached hydrogens (tertiary/aromatic N) is 1. The number of methoxy groups -OCH3 is 2. The summed E-state index contributed by atoms with van der Waals surface area (Å²) in [5.74, 6) is -0.913. The van der Waals surface area contributed by atoms with Crippen LogP contribution < -0.4 is 0 Å². The number of hydrogen-bond acceptors (Lipinski definition) is 5. The van der Waals surface area contributed by atoms with Gasteiger partial charge < -0.3 is 14.6 Å². The van der Waals surface area contributed by atoms with E-state index in [1.807, 2.05) is 24.5 Å². The maximum absolute atomic E-state index is 10.7. The van der Waals surface area contributed by atoms with Crippen molar-refractivity contribution in [2.45, 2.75) is 13.0 Å². The summed E-state index contributed by atoms with van der Waals surface area (Å²) in [5.41, 5.74) is 0.817. The van der Waals surface area contributed by atoms with Crippen molar-refractivity contribution >= 4 is 39.3 Å². The molecular weight excluding hydrogens is 346 g/mol. The van der Waals surface area contributed by atoms with Crippen molar-refractivity contribution in [3.63, 3.8) is 0 Å². The zero-order chi connectivity index (χ0) is 15.1. The highest BCUT2D eigenvalue weighted by Crippen LogP contribution is 2.21. The Labute approximate surface area is 130 Å². The molecule has 0 saturated carbocycles. The Kier molecular flexibility index (Phi) is 6.90. The number of thiazole rings is 1. The van der Waals surface area contributed by atoms with Gasteiger partial charge in [0.25, 0.3) is 0 Å². The van der Waals surface area contributed by atoms with Crippen molar-refractivity contribution in [1.82, 2.24) is 4.98 Å². The first-order valence-electron chi connectivity index (χ1n) is 5.78. The number of aromatic nitrogens is 1. The Morgan fingerprint density at radius 3 is 2.70 bits per heavy atom. The summed E-state index contributed by atoms with van der Waals surface area (Å²) >= 11 is 4.79. The lowest BCUT2D eigenvalue weighted by molar-refractivity contribution is -0.131. The van der Waals surface area contributed by atoms with Crippen molar-refractivity contribution in [2.75, 3.05) is 14.2 Å². The molecule has 0 aliphatic heterocycles. The molecule has 5 nitrogen and oxygen atoms in total. The molecule has 20 heavy (non-hydrogen) atoms. The molecule has 0 aliphatic rings. The van der Waals surface area contributed by atoms with Crippen LogP contribution in [0.2, 0.25) is 0 Å². The largest absolute Gasteiger partial charge is 0.500 e. The van der Waals surface area contributed by atoms with Gasteiger partial charge in [-0.25, -0.2) is 9.78 Å². The summed E-state index contributed by atoms with van der Waals surface area (Å²) in [6, 6.07) is 0. The van der Waals surface area contributed by atoms with Crippen LogP contribution in [0.5, 0.6) is 0 Å². The van der Waals surface area contributed by atoms with E-state index in [1.165, 1.54) is 18.4 Å². The first-order valence-corrected chi connectivity index (χ1v) is 7.45. The molecule has 0 bridgehead atoms. The van der Waals surface area contributed by atoms with Gasteiger partial charge in [0.2, 0.25) is 0 Å². The third-order valence-electron chi connectivity index (χ3n) is 2.67. The van der Waals surface area contributed by atoms with E-state index in [4.69, 9.17) is 14.6 Å². The van der Waals surface area contributed by atoms with Crippen molar-refractivity contribution < 1.29 is 19.4 Å². The van der Waals surface area contributed by atoms with Crippen LogP contribution in [-0.2, 0) is 14.3 Å². The van der Waals surface area contributed by atoms with E-state index in [-0.39, 0.29) is 12.0 Å². The van der Waals surface area contributed by atoms with Crippen molar-refractivity contribution in [3.05, 3.63) is 32.9 Å². The first kappa shape index (κ1) is 16.9. The highest BCUT2D eigenvalue weighted by Gasteiger charge is 2.20. The average Bonchev–Trinajstić information content (AvgIpc) is 2.82. The molecule has 7 heteroatoms. The maximum atomic E-state index is 10.7. The minimum Gasteiger partial charge on any atom is -0.500 e. The molecule has 0 spiro atoms. The lowest BCUT2D eigenvalue weighted by Gasteiger charge is -2.21. The van der Waals surface area contributed by atoms with Crippen LogP contribution in [0.3, 0.4) is 0 Å². The number of halogens is 1. The van der Waals surface area contributed by atoms with Gasteiger partial charge in [-0.2, -0.15) is 0 Å². The van der Waals surface area contributed by atoms with Crippen LogP contribution in [0.25, 0.3) is 6.08 Å². The van der Waals surface area contributed by atoms with Gasteiger partial charge in [0.15, 0.2) is 3.92 Å². The standard InChI is InChI=1S/C13H16BrNO4S/c1-8(11(19-3)6-12(16)17)10(18-2)5-4-9-7-20-13(14)15-9/h4-8,10H,1-3H3,(H,16,17)/b5-4+,11-6+/t8-,10+/m1/s1. The van der Waals surface area contributed by atoms with Crippen LogP contribution in [-0.4, -0.2) is 36.4 Å². The predicted octanol–water partition coefficient (Wildman–Crippen LogP) is 3.18. The Hall–Kier alpha value is -1.18. The molecule has 0 fully saturated rings. The van der Waals surface area contributed by atoms with E-state index in [0.29, 0.717) is 5.76 Å². The van der Waals surface area contributed by atoms with Gasteiger partial charge in [0, 0.05) is 18.4 Å². The summed E-state index contributed by atoms with van der Waals surface area (Å²) in [4.78, 5) is 15.0. The highest BCUT2D eigenvalue weighted by atomic mass is 79.9. The molecule has 1 rings (SSSR count). The van der Waals surface area contributed by atoms with Crippen molar-refractivity contribution in [2.24, 2.45) is 5.92 Å². The van der Waals surface area contributed by atoms with Gasteiger partial charge in [0.05, 0.1) is 25.0 Å². The molecule has 2 atom stereocenters. The fourth-order valence-corrected chi connectivity index (χ4v) is 2.63. The molecule has 110 valence electrons. The third-order valence-corrected chi connectivity index (χ3v) is 4.05. The number of aliphatic carboxylic acids is 1. The SMILES string of the molecule is CO/C(=C/C(=O)O)[C@H](C)[C@H](/C=C/c1csc(Br)n1)OC. The first-order chi connectivity index (χ1) is 9.47. The molecule has 1 heterocycles. The van der Waals surface area contributed by atoms with Gasteiger partial charge in [-0.3, -0.25) is 0 Å². The number of hydrogen-bond donors (Lipinski definition) is 1. The number of carbonyl (C=O) groups is 1. The van der Waals surface area contributed by atoms with Crippen molar-refractivity contribution in [1.29, 1.82) is 0 Å². The van der Waals surface area contributed by atoms with Crippen LogP contribution in [0.4, 0.5) is 0 Å². The van der Waals surface area contributed by atoms with E-state index in [9.17, 15) is 4.79 Å². The number of carboxylic acids is 1. The zero-order valence-electron chi connectivity index (χ0n) is 11.4. The normalized spacial score (nSPS) is 15.3. The van der Waals surface area contributed by atoms with Gasteiger partial charge in [-0.15, -0.1) is 11.3 Å². The summed E-state index contributed by atoms with van der Waals surface area (Å²) in [6.07, 6.45) is 4.41. The molecular formula is C13H16BrNO4S. The molecule has 0 saturated heterocycles. The third kappa shape index (κ3) is 5.07. The van der Waals surface area contributed by atoms with E-state index in [2.05, 4.69) is 20.9 Å². The monoisotopic (exact) mass is 361 g/mol. The van der Waals surface area contributed by atoms with Crippen LogP contribution >= 0.6 is 27.3 Å². The number of rotatable bonds is 7. The smallest absolute Gasteiger partial charge is 0.331 e. The summed E-state index contributed by atoms with van der Waals surface area (Å²) in [5, 5.41) is 10.7. The van der Waals surface area contributed by atoms with Gasteiger partial charge in [-0.1, -0.05) is 13.0 Å². The van der Waals surface area contributed by atoms with E-state index in [0.717, 1.165) is 15.7 Å². The van der Waals surface area contributed by atoms with Crippen LogP contribution in [0, 0.1) is 5.92 Å². The zero-order valence-corrected chi connectivity index (χ0v) is 13.8. The second-order valence-corrected chi connectivity index (χ2v) is 6.10. The summed E-state index contributed by atoms with van der Waals surface area (Å²) < 4.78 is 11.3. The quantitative estimate of drug-likeness (QED) is 0.596. The average molecular weight is 362 g/mol. The van der Waals surface area contributed by atoms with E-state index >= 15 is 0 Å². The second-order valence-electron chi connectivity index (χ2n) is 3.96. The van der Waals surface area contributed by atoms with E-state index < -0.39 is 5.97 Å². The molecule has 0 aliphatic carbocycles. The lowest BCUT2D eigenvalue weighted by atomic mass is 10.0. The Balaban J connectivity index is 2.84. The molecule has 0 unspecified atom stereocenters. The molecule has 1 aromatic heterocycles. The summed E-state index contributed by atoms with van der Waals surface area (Å²) in [7, 11) is 3.01. The minimum absolute atomic E-state index is 0.223. The topological polar surface area (TPSA) is 68.7 Å². The molecule has 0 aromatic carbocycles. The highest BCUT2D eigenvalue weighted by molar-refractivity contribution is 9.11. The molecule has 1 N–H and O–H groups in total. The van der Waals surface area contributed by atoms with Crippen molar-refractivity contribution in [3.8, 4) is 0 Å². The number of ether oxygens (including phenoxy) is 2.